The van der Waals surface area contributed by atoms with E-state index in [9.17, 15) is 0 Å². The smallest absolute Gasteiger partial charge is 0.246 e. The van der Waals surface area contributed by atoms with Crippen molar-refractivity contribution in [3.63, 3.8) is 0 Å². The molecule has 0 spiro atoms. The summed E-state index contributed by atoms with van der Waals surface area (Å²) in [6.07, 6.45) is 3.17. The van der Waals surface area contributed by atoms with E-state index in [0.717, 1.165) is 11.2 Å². The quantitative estimate of drug-likeness (QED) is 0.609. The lowest BCUT2D eigenvalue weighted by molar-refractivity contribution is 0.384. The SMILES string of the molecule is Cn1cnc2c(NCc3nc(-c4cccc(Cl)c4)no3)ncnc21. The average molecular weight is 342 g/mol. The fraction of sp³-hybridized carbons (Fsp3) is 0.133. The molecule has 4 rings (SSSR count). The average Bonchev–Trinajstić information content (AvgIpc) is 3.21. The Labute approximate surface area is 141 Å². The molecule has 9 heteroatoms. The Bertz CT molecular complexity index is 1010. The first kappa shape index (κ1) is 14.6. The van der Waals surface area contributed by atoms with E-state index in [1.807, 2.05) is 23.7 Å². The Kier molecular flexibility index (Phi) is 3.58. The molecule has 0 aliphatic carbocycles. The third-order valence-electron chi connectivity index (χ3n) is 3.46. The number of rotatable bonds is 4. The lowest BCUT2D eigenvalue weighted by Gasteiger charge is -2.02. The number of nitrogens with one attached hydrogen (secondary N) is 1. The molecule has 0 aliphatic rings. The number of fused-ring (bicyclic) bond motifs is 1. The highest BCUT2D eigenvalue weighted by molar-refractivity contribution is 6.30. The van der Waals surface area contributed by atoms with Crippen LogP contribution >= 0.6 is 11.6 Å². The van der Waals surface area contributed by atoms with E-state index in [-0.39, 0.29) is 0 Å². The number of imidazole rings is 1. The molecule has 0 unspecified atom stereocenters. The summed E-state index contributed by atoms with van der Waals surface area (Å²) in [5.41, 5.74) is 2.24. The van der Waals surface area contributed by atoms with Gasteiger partial charge in [0.1, 0.15) is 11.8 Å². The van der Waals surface area contributed by atoms with Crippen LogP contribution in [-0.4, -0.2) is 29.7 Å². The summed E-state index contributed by atoms with van der Waals surface area (Å²) >= 11 is 5.98. The van der Waals surface area contributed by atoms with Crippen molar-refractivity contribution in [3.8, 4) is 11.4 Å². The van der Waals surface area contributed by atoms with E-state index in [4.69, 9.17) is 16.1 Å². The number of aryl methyl sites for hydroxylation is 1. The second kappa shape index (κ2) is 5.89. The first-order valence-electron chi connectivity index (χ1n) is 7.15. The fourth-order valence-electron chi connectivity index (χ4n) is 2.31. The zero-order valence-electron chi connectivity index (χ0n) is 12.6. The molecule has 1 N–H and O–H groups in total. The van der Waals surface area contributed by atoms with Crippen LogP contribution in [0.4, 0.5) is 5.82 Å². The summed E-state index contributed by atoms with van der Waals surface area (Å²) in [6, 6.07) is 7.28. The summed E-state index contributed by atoms with van der Waals surface area (Å²) in [5, 5.41) is 7.73. The van der Waals surface area contributed by atoms with Crippen molar-refractivity contribution in [1.82, 2.24) is 29.7 Å². The van der Waals surface area contributed by atoms with Gasteiger partial charge in [-0.1, -0.05) is 28.9 Å². The molecule has 0 aliphatic heterocycles. The van der Waals surface area contributed by atoms with Gasteiger partial charge in [-0.25, -0.2) is 15.0 Å². The highest BCUT2D eigenvalue weighted by atomic mass is 35.5. The van der Waals surface area contributed by atoms with E-state index < -0.39 is 0 Å². The summed E-state index contributed by atoms with van der Waals surface area (Å²) in [6.45, 7) is 0.330. The van der Waals surface area contributed by atoms with Gasteiger partial charge in [0.05, 0.1) is 12.9 Å². The van der Waals surface area contributed by atoms with Crippen LogP contribution in [0.1, 0.15) is 5.89 Å². The van der Waals surface area contributed by atoms with Gasteiger partial charge in [-0.05, 0) is 12.1 Å². The zero-order chi connectivity index (χ0) is 16.5. The maximum absolute atomic E-state index is 5.98. The molecule has 3 heterocycles. The lowest BCUT2D eigenvalue weighted by Crippen LogP contribution is -2.03. The van der Waals surface area contributed by atoms with Crippen LogP contribution in [0.3, 0.4) is 0 Å². The predicted molar refractivity (Wildman–Crippen MR) is 88.4 cm³/mol. The second-order valence-electron chi connectivity index (χ2n) is 5.13. The van der Waals surface area contributed by atoms with Gasteiger partial charge in [0.15, 0.2) is 11.5 Å². The third kappa shape index (κ3) is 2.67. The highest BCUT2D eigenvalue weighted by Gasteiger charge is 2.11. The number of hydrogen-bond donors (Lipinski definition) is 1. The monoisotopic (exact) mass is 341 g/mol. The standard InChI is InChI=1S/C15H12ClN7O/c1-23-8-20-12-14(18-7-19-15(12)23)17-6-11-21-13(22-24-11)9-3-2-4-10(16)5-9/h2-5,7-8H,6H2,1H3,(H,17,18,19). The molecule has 0 saturated heterocycles. The van der Waals surface area contributed by atoms with Crippen LogP contribution in [-0.2, 0) is 13.6 Å². The van der Waals surface area contributed by atoms with Crippen molar-refractivity contribution in [3.05, 3.63) is 47.8 Å². The van der Waals surface area contributed by atoms with E-state index in [1.54, 1.807) is 18.5 Å². The number of hydrogen-bond acceptors (Lipinski definition) is 7. The van der Waals surface area contributed by atoms with Gasteiger partial charge in [0.25, 0.3) is 0 Å². The van der Waals surface area contributed by atoms with Gasteiger partial charge in [-0.2, -0.15) is 4.98 Å². The summed E-state index contributed by atoms with van der Waals surface area (Å²) in [7, 11) is 1.88. The molecule has 0 fully saturated rings. The van der Waals surface area contributed by atoms with Crippen molar-refractivity contribution < 1.29 is 4.52 Å². The van der Waals surface area contributed by atoms with E-state index in [1.165, 1.54) is 6.33 Å². The summed E-state index contributed by atoms with van der Waals surface area (Å²) in [4.78, 5) is 17.0. The Hall–Kier alpha value is -3.00. The second-order valence-corrected chi connectivity index (χ2v) is 5.56. The van der Waals surface area contributed by atoms with Gasteiger partial charge in [0.2, 0.25) is 11.7 Å². The maximum atomic E-state index is 5.98. The largest absolute Gasteiger partial charge is 0.359 e. The minimum Gasteiger partial charge on any atom is -0.359 e. The van der Waals surface area contributed by atoms with Crippen LogP contribution in [0.5, 0.6) is 0 Å². The third-order valence-corrected chi connectivity index (χ3v) is 3.69. The molecule has 0 bridgehead atoms. The molecule has 0 amide bonds. The van der Waals surface area contributed by atoms with Crippen LogP contribution in [0.2, 0.25) is 5.02 Å². The molecule has 0 saturated carbocycles. The molecule has 1 aromatic carbocycles. The van der Waals surface area contributed by atoms with Gasteiger partial charge in [0, 0.05) is 17.6 Å². The summed E-state index contributed by atoms with van der Waals surface area (Å²) in [5.74, 6) is 1.54. The van der Waals surface area contributed by atoms with Crippen LogP contribution in [0.25, 0.3) is 22.6 Å². The van der Waals surface area contributed by atoms with E-state index >= 15 is 0 Å². The van der Waals surface area contributed by atoms with Crippen molar-refractivity contribution >= 4 is 28.6 Å². The minimum absolute atomic E-state index is 0.330. The number of benzene rings is 1. The molecule has 3 aromatic heterocycles. The zero-order valence-corrected chi connectivity index (χ0v) is 13.4. The minimum atomic E-state index is 0.330. The van der Waals surface area contributed by atoms with Crippen molar-refractivity contribution in [2.24, 2.45) is 7.05 Å². The van der Waals surface area contributed by atoms with Crippen LogP contribution in [0.15, 0.2) is 41.4 Å². The topological polar surface area (TPSA) is 94.6 Å². The molecule has 24 heavy (non-hydrogen) atoms. The van der Waals surface area contributed by atoms with Gasteiger partial charge >= 0.3 is 0 Å². The van der Waals surface area contributed by atoms with Crippen LogP contribution in [0, 0.1) is 0 Å². The first-order chi connectivity index (χ1) is 11.7. The molecule has 4 aromatic rings. The predicted octanol–water partition coefficient (Wildman–Crippen LogP) is 2.68. The highest BCUT2D eigenvalue weighted by Crippen LogP contribution is 2.21. The first-order valence-corrected chi connectivity index (χ1v) is 7.53. The van der Waals surface area contributed by atoms with Gasteiger partial charge in [-0.15, -0.1) is 0 Å². The Morgan fingerprint density at radius 1 is 1.25 bits per heavy atom. The Morgan fingerprint density at radius 2 is 2.17 bits per heavy atom. The number of aromatic nitrogens is 6. The Morgan fingerprint density at radius 3 is 3.04 bits per heavy atom. The summed E-state index contributed by atoms with van der Waals surface area (Å²) < 4.78 is 7.09. The van der Waals surface area contributed by atoms with Crippen LogP contribution < -0.4 is 5.32 Å². The molecule has 0 atom stereocenters. The molecule has 8 nitrogen and oxygen atoms in total. The number of nitrogens with zero attached hydrogens (tertiary/aromatic N) is 6. The molecule has 120 valence electrons. The van der Waals surface area contributed by atoms with Crippen molar-refractivity contribution in [1.29, 1.82) is 0 Å². The molecular weight excluding hydrogens is 330 g/mol. The van der Waals surface area contributed by atoms with Crippen molar-refractivity contribution in [2.45, 2.75) is 6.54 Å². The normalized spacial score (nSPS) is 11.1. The van der Waals surface area contributed by atoms with E-state index in [2.05, 4.69) is 30.4 Å². The maximum Gasteiger partial charge on any atom is 0.246 e. The van der Waals surface area contributed by atoms with E-state index in [0.29, 0.717) is 34.6 Å². The van der Waals surface area contributed by atoms with Crippen molar-refractivity contribution in [2.75, 3.05) is 5.32 Å². The van der Waals surface area contributed by atoms with Gasteiger partial charge < -0.3 is 14.4 Å². The fourth-order valence-corrected chi connectivity index (χ4v) is 2.50. The molecule has 0 radical (unpaired) electrons. The Balaban J connectivity index is 1.54. The number of halogens is 1. The number of anilines is 1. The lowest BCUT2D eigenvalue weighted by atomic mass is 10.2. The van der Waals surface area contributed by atoms with Gasteiger partial charge in [-0.3, -0.25) is 0 Å². The molecular formula is C15H12ClN7O.